The van der Waals surface area contributed by atoms with Crippen molar-refractivity contribution in [1.82, 2.24) is 4.90 Å². The van der Waals surface area contributed by atoms with E-state index in [1.165, 1.54) is 24.3 Å². The molecule has 1 aromatic heterocycles. The summed E-state index contributed by atoms with van der Waals surface area (Å²) in [6.07, 6.45) is 0. The van der Waals surface area contributed by atoms with E-state index < -0.39 is 28.1 Å². The van der Waals surface area contributed by atoms with Crippen LogP contribution in [0.3, 0.4) is 0 Å². The molecule has 140 valence electrons. The highest BCUT2D eigenvalue weighted by Crippen LogP contribution is 2.32. The van der Waals surface area contributed by atoms with Gasteiger partial charge in [0.1, 0.15) is 11.1 Å². The number of amides is 2. The first-order chi connectivity index (χ1) is 13.3. The highest BCUT2D eigenvalue weighted by molar-refractivity contribution is 6.23. The predicted molar refractivity (Wildman–Crippen MR) is 99.3 cm³/mol. The molecule has 0 bridgehead atoms. The van der Waals surface area contributed by atoms with Crippen molar-refractivity contribution in [3.05, 3.63) is 84.7 Å². The zero-order valence-corrected chi connectivity index (χ0v) is 15.0. The monoisotopic (exact) mass is 378 g/mol. The maximum atomic E-state index is 12.8. The fraction of sp³-hybridized carbons (Fsp3) is 0.150. The van der Waals surface area contributed by atoms with Gasteiger partial charge >= 0.3 is 5.63 Å². The molecule has 28 heavy (non-hydrogen) atoms. The van der Waals surface area contributed by atoms with E-state index in [0.717, 1.165) is 16.0 Å². The van der Waals surface area contributed by atoms with Crippen molar-refractivity contribution in [2.45, 2.75) is 20.4 Å². The normalized spacial score (nSPS) is 13.3. The fourth-order valence-corrected chi connectivity index (χ4v) is 3.40. The summed E-state index contributed by atoms with van der Waals surface area (Å²) in [4.78, 5) is 48.9. The van der Waals surface area contributed by atoms with Crippen molar-refractivity contribution in [3.63, 3.8) is 0 Å². The van der Waals surface area contributed by atoms with E-state index in [9.17, 15) is 24.5 Å². The smallest absolute Gasteiger partial charge is 0.336 e. The summed E-state index contributed by atoms with van der Waals surface area (Å²) in [5, 5.41) is 11.8. The van der Waals surface area contributed by atoms with Crippen LogP contribution in [0.25, 0.3) is 11.0 Å². The number of nitrogens with zero attached hydrogens (tertiary/aromatic N) is 2. The van der Waals surface area contributed by atoms with Crippen LogP contribution in [0.4, 0.5) is 5.69 Å². The minimum absolute atomic E-state index is 0.0153. The van der Waals surface area contributed by atoms with Crippen molar-refractivity contribution >= 4 is 28.5 Å². The second kappa shape index (κ2) is 6.12. The van der Waals surface area contributed by atoms with E-state index in [4.69, 9.17) is 4.42 Å². The van der Waals surface area contributed by atoms with Crippen molar-refractivity contribution in [3.8, 4) is 0 Å². The molecule has 0 saturated heterocycles. The zero-order valence-electron chi connectivity index (χ0n) is 15.0. The summed E-state index contributed by atoms with van der Waals surface area (Å²) < 4.78 is 5.24. The first-order valence-electron chi connectivity index (χ1n) is 8.45. The zero-order chi connectivity index (χ0) is 20.2. The van der Waals surface area contributed by atoms with E-state index in [2.05, 4.69) is 0 Å². The van der Waals surface area contributed by atoms with Crippen LogP contribution in [-0.4, -0.2) is 21.6 Å². The third kappa shape index (κ3) is 2.58. The molecule has 2 amide bonds. The maximum absolute atomic E-state index is 12.8. The van der Waals surface area contributed by atoms with Crippen LogP contribution in [0.15, 0.2) is 45.6 Å². The molecule has 0 fully saturated rings. The lowest BCUT2D eigenvalue weighted by atomic mass is 10.0. The Balaban J connectivity index is 1.83. The quantitative estimate of drug-likeness (QED) is 0.300. The number of imide groups is 1. The molecule has 3 aromatic rings. The van der Waals surface area contributed by atoms with E-state index in [1.54, 1.807) is 6.07 Å². The van der Waals surface area contributed by atoms with E-state index in [0.29, 0.717) is 16.5 Å². The van der Waals surface area contributed by atoms with Gasteiger partial charge in [-0.15, -0.1) is 0 Å². The Bertz CT molecular complexity index is 1260. The SMILES string of the molecule is Cc1cc2oc(=O)cc(CN3C(=O)c4cccc([N+](=O)[O-])c4C3=O)c2cc1C. The van der Waals surface area contributed by atoms with Crippen LogP contribution >= 0.6 is 0 Å². The summed E-state index contributed by atoms with van der Waals surface area (Å²) in [5.74, 6) is -1.38. The molecule has 2 heterocycles. The third-order valence-corrected chi connectivity index (χ3v) is 4.95. The molecule has 1 aliphatic heterocycles. The molecule has 2 aromatic carbocycles. The number of hydrogen-bond donors (Lipinski definition) is 0. The van der Waals surface area contributed by atoms with Crippen molar-refractivity contribution < 1.29 is 18.9 Å². The van der Waals surface area contributed by atoms with Gasteiger partial charge < -0.3 is 4.42 Å². The van der Waals surface area contributed by atoms with Gasteiger partial charge in [-0.1, -0.05) is 6.07 Å². The number of aryl methyl sites for hydroxylation is 2. The van der Waals surface area contributed by atoms with E-state index >= 15 is 0 Å². The predicted octanol–water partition coefficient (Wildman–Crippen LogP) is 3.11. The van der Waals surface area contributed by atoms with Gasteiger partial charge in [-0.25, -0.2) is 4.79 Å². The minimum atomic E-state index is -0.752. The molecular weight excluding hydrogens is 364 g/mol. The number of fused-ring (bicyclic) bond motifs is 2. The second-order valence-electron chi connectivity index (χ2n) is 6.68. The largest absolute Gasteiger partial charge is 0.423 e. The fourth-order valence-electron chi connectivity index (χ4n) is 3.40. The average Bonchev–Trinajstić information content (AvgIpc) is 2.88. The van der Waals surface area contributed by atoms with Gasteiger partial charge in [0.2, 0.25) is 0 Å². The number of nitro benzene ring substituents is 1. The summed E-state index contributed by atoms with van der Waals surface area (Å²) in [6.45, 7) is 3.59. The number of carbonyl (C=O) groups excluding carboxylic acids is 2. The third-order valence-electron chi connectivity index (χ3n) is 4.95. The van der Waals surface area contributed by atoms with Gasteiger partial charge in [-0.2, -0.15) is 0 Å². The molecule has 0 aliphatic carbocycles. The first kappa shape index (κ1) is 17.6. The number of hydrogen-bond acceptors (Lipinski definition) is 6. The lowest BCUT2D eigenvalue weighted by Gasteiger charge is -2.15. The van der Waals surface area contributed by atoms with Crippen molar-refractivity contribution in [2.24, 2.45) is 0 Å². The Labute approximate surface area is 158 Å². The molecule has 0 unspecified atom stereocenters. The average molecular weight is 378 g/mol. The van der Waals surface area contributed by atoms with Gasteiger partial charge in [0, 0.05) is 17.5 Å². The van der Waals surface area contributed by atoms with E-state index in [-0.39, 0.29) is 17.7 Å². The van der Waals surface area contributed by atoms with Gasteiger partial charge in [-0.3, -0.25) is 24.6 Å². The molecule has 8 heteroatoms. The Morgan fingerprint density at radius 3 is 2.46 bits per heavy atom. The minimum Gasteiger partial charge on any atom is -0.423 e. The maximum Gasteiger partial charge on any atom is 0.336 e. The van der Waals surface area contributed by atoms with Crippen molar-refractivity contribution in [1.29, 1.82) is 0 Å². The number of benzene rings is 2. The van der Waals surface area contributed by atoms with Gasteiger partial charge in [0.15, 0.2) is 0 Å². The standard InChI is InChI=1S/C20H14N2O6/c1-10-6-14-12(8-17(23)28-16(14)7-11(10)2)9-21-19(24)13-4-3-5-15(22(26)27)18(13)20(21)25/h3-8H,9H2,1-2H3. The Morgan fingerprint density at radius 1 is 1.04 bits per heavy atom. The number of carbonyl (C=O) groups is 2. The van der Waals surface area contributed by atoms with Crippen LogP contribution in [0.2, 0.25) is 0 Å². The highest BCUT2D eigenvalue weighted by Gasteiger charge is 2.41. The summed E-state index contributed by atoms with van der Waals surface area (Å²) in [5.41, 5.74) is 1.43. The Morgan fingerprint density at radius 2 is 1.75 bits per heavy atom. The molecule has 0 radical (unpaired) electrons. The number of nitro groups is 1. The first-order valence-corrected chi connectivity index (χ1v) is 8.45. The second-order valence-corrected chi connectivity index (χ2v) is 6.68. The summed E-state index contributed by atoms with van der Waals surface area (Å²) in [7, 11) is 0. The van der Waals surface area contributed by atoms with Crippen LogP contribution < -0.4 is 5.63 Å². The van der Waals surface area contributed by atoms with Crippen LogP contribution in [0.1, 0.15) is 37.4 Å². The summed E-state index contributed by atoms with van der Waals surface area (Å²) >= 11 is 0. The van der Waals surface area contributed by atoms with Gasteiger partial charge in [0.05, 0.1) is 17.0 Å². The van der Waals surface area contributed by atoms with Gasteiger partial charge in [-0.05, 0) is 48.7 Å². The Kier molecular flexibility index (Phi) is 3.85. The highest BCUT2D eigenvalue weighted by atomic mass is 16.6. The molecule has 0 atom stereocenters. The topological polar surface area (TPSA) is 111 Å². The van der Waals surface area contributed by atoms with Crippen LogP contribution in [0.5, 0.6) is 0 Å². The molecule has 4 rings (SSSR count). The lowest BCUT2D eigenvalue weighted by Crippen LogP contribution is -2.29. The number of rotatable bonds is 3. The molecule has 1 aliphatic rings. The summed E-state index contributed by atoms with van der Waals surface area (Å²) in [6, 6.07) is 8.71. The van der Waals surface area contributed by atoms with Crippen LogP contribution in [0, 0.1) is 24.0 Å². The lowest BCUT2D eigenvalue weighted by molar-refractivity contribution is -0.385. The molecule has 0 spiro atoms. The molecule has 8 nitrogen and oxygen atoms in total. The van der Waals surface area contributed by atoms with Crippen molar-refractivity contribution in [2.75, 3.05) is 0 Å². The molecule has 0 N–H and O–H groups in total. The van der Waals surface area contributed by atoms with E-state index in [1.807, 2.05) is 19.9 Å². The van der Waals surface area contributed by atoms with Gasteiger partial charge in [0.25, 0.3) is 17.5 Å². The Hall–Kier alpha value is -3.81. The molecule has 0 saturated carbocycles. The molecular formula is C20H14N2O6. The van der Waals surface area contributed by atoms with Crippen LogP contribution in [-0.2, 0) is 6.54 Å².